The minimum absolute atomic E-state index is 0.00948. The van der Waals surface area contributed by atoms with Crippen molar-refractivity contribution in [3.63, 3.8) is 0 Å². The first-order valence-corrected chi connectivity index (χ1v) is 14.4. The highest BCUT2D eigenvalue weighted by Gasteiger charge is 2.60. The number of hydrogen-bond donors (Lipinski definition) is 4. The number of aromatic nitrogens is 2. The van der Waals surface area contributed by atoms with Crippen molar-refractivity contribution in [2.45, 2.75) is 51.6 Å². The molecule has 4 aliphatic rings. The smallest absolute Gasteiger partial charge is 0.103 e. The predicted molar refractivity (Wildman–Crippen MR) is 163 cm³/mol. The van der Waals surface area contributed by atoms with Gasteiger partial charge in [0.1, 0.15) is 12.1 Å². The number of hydrogen-bond acceptors (Lipinski definition) is 9. The van der Waals surface area contributed by atoms with Gasteiger partial charge in [-0.15, -0.1) is 5.53 Å². The second-order valence-corrected chi connectivity index (χ2v) is 13.0. The number of nitrogens with one attached hydrogen (secondary N) is 4. The van der Waals surface area contributed by atoms with Crippen LogP contribution in [-0.2, 0) is 0 Å². The summed E-state index contributed by atoms with van der Waals surface area (Å²) >= 11 is 0. The lowest BCUT2D eigenvalue weighted by atomic mass is 9.49. The van der Waals surface area contributed by atoms with Crippen LogP contribution in [-0.4, -0.2) is 27.1 Å². The average molecular weight is 556 g/mol. The Hall–Kier alpha value is -4.86. The summed E-state index contributed by atoms with van der Waals surface area (Å²) < 4.78 is 0. The molecule has 210 valence electrons. The van der Waals surface area contributed by atoms with E-state index in [9.17, 15) is 10.5 Å². The van der Waals surface area contributed by atoms with Crippen LogP contribution in [0.25, 0.3) is 21.7 Å². The van der Waals surface area contributed by atoms with Gasteiger partial charge in [0.2, 0.25) is 0 Å². The molecule has 0 spiro atoms. The van der Waals surface area contributed by atoms with Gasteiger partial charge in [-0.2, -0.15) is 10.5 Å². The number of nitrogens with zero attached hydrogens (tertiary/aromatic N) is 5. The fourth-order valence-corrected chi connectivity index (χ4v) is 6.45. The lowest BCUT2D eigenvalue weighted by Gasteiger charge is -2.64. The molecule has 9 nitrogen and oxygen atoms in total. The maximum absolute atomic E-state index is 10.2. The summed E-state index contributed by atoms with van der Waals surface area (Å²) in [6.07, 6.45) is 11.1. The summed E-state index contributed by atoms with van der Waals surface area (Å²) in [4.78, 5) is 8.85. The molecule has 3 aliphatic carbocycles. The fraction of sp³-hybridized carbons (Fsp3) is 0.333. The molecule has 1 atom stereocenters. The van der Waals surface area contributed by atoms with E-state index in [0.29, 0.717) is 28.9 Å². The molecule has 2 aromatic heterocycles. The normalized spacial score (nSPS) is 21.4. The largest absolute Gasteiger partial charge is 0.383 e. The molecular formula is C33H33N9. The lowest BCUT2D eigenvalue weighted by molar-refractivity contribution is -0.141. The van der Waals surface area contributed by atoms with Crippen molar-refractivity contribution in [1.29, 1.82) is 10.5 Å². The van der Waals surface area contributed by atoms with Gasteiger partial charge in [0.05, 0.1) is 39.6 Å². The van der Waals surface area contributed by atoms with Crippen LogP contribution in [0.5, 0.6) is 0 Å². The standard InChI is InChI=1S/C33H33N9/c1-32(2,3)19-38-30-23(15-35)17-37-29-22(14-34)9-24(10-27(29)30)39-31(26-6-4-5-21-16-36-8-7-25(21)26)28-18-42(41-40-28)33-11-20(12-33)13-33/h4-10,16-18,20,31,39-41H,11-13,19H2,1-3H3,(H,37,38)/t20?,31-,33?/m0/s1. The monoisotopic (exact) mass is 555 g/mol. The van der Waals surface area contributed by atoms with Crippen LogP contribution in [0.1, 0.15) is 62.8 Å². The minimum Gasteiger partial charge on any atom is -0.383 e. The zero-order valence-corrected chi connectivity index (χ0v) is 24.0. The van der Waals surface area contributed by atoms with Gasteiger partial charge in [-0.05, 0) is 59.7 Å². The van der Waals surface area contributed by atoms with E-state index in [4.69, 9.17) is 0 Å². The lowest BCUT2D eigenvalue weighted by Crippen LogP contribution is -2.69. The summed E-state index contributed by atoms with van der Waals surface area (Å²) in [6.45, 7) is 7.08. The third-order valence-electron chi connectivity index (χ3n) is 8.76. The number of nitriles is 2. The van der Waals surface area contributed by atoms with Crippen molar-refractivity contribution < 1.29 is 0 Å². The van der Waals surface area contributed by atoms with E-state index in [1.165, 1.54) is 19.3 Å². The molecule has 4 aromatic rings. The molecule has 0 saturated heterocycles. The van der Waals surface area contributed by atoms with Gasteiger partial charge in [0.25, 0.3) is 0 Å². The molecule has 2 bridgehead atoms. The van der Waals surface area contributed by atoms with Crippen LogP contribution in [0.15, 0.2) is 66.9 Å². The van der Waals surface area contributed by atoms with E-state index in [0.717, 1.165) is 39.0 Å². The van der Waals surface area contributed by atoms with E-state index in [1.54, 1.807) is 6.20 Å². The molecule has 42 heavy (non-hydrogen) atoms. The molecule has 2 aromatic carbocycles. The summed E-state index contributed by atoms with van der Waals surface area (Å²) in [5.74, 6) is 0.860. The quantitative estimate of drug-likeness (QED) is 0.222. The van der Waals surface area contributed by atoms with Gasteiger partial charge >= 0.3 is 0 Å². The van der Waals surface area contributed by atoms with E-state index >= 15 is 0 Å². The van der Waals surface area contributed by atoms with Gasteiger partial charge in [-0.1, -0.05) is 39.0 Å². The second kappa shape index (κ2) is 9.61. The van der Waals surface area contributed by atoms with E-state index in [-0.39, 0.29) is 17.0 Å². The van der Waals surface area contributed by atoms with Crippen molar-refractivity contribution >= 4 is 33.1 Å². The van der Waals surface area contributed by atoms with Crippen LogP contribution in [0.3, 0.4) is 0 Å². The van der Waals surface area contributed by atoms with Gasteiger partial charge in [-0.25, -0.2) is 0 Å². The third-order valence-corrected chi connectivity index (χ3v) is 8.76. The average Bonchev–Trinajstić information content (AvgIpc) is 3.41. The first-order valence-electron chi connectivity index (χ1n) is 14.4. The van der Waals surface area contributed by atoms with Crippen LogP contribution in [0.2, 0.25) is 0 Å². The minimum atomic E-state index is -0.261. The maximum Gasteiger partial charge on any atom is 0.103 e. The van der Waals surface area contributed by atoms with Crippen molar-refractivity contribution in [1.82, 2.24) is 25.9 Å². The van der Waals surface area contributed by atoms with E-state index in [2.05, 4.69) is 93.9 Å². The highest BCUT2D eigenvalue weighted by atomic mass is 15.7. The van der Waals surface area contributed by atoms with Gasteiger partial charge in [-0.3, -0.25) is 15.0 Å². The Balaban J connectivity index is 1.34. The Labute approximate surface area is 245 Å². The molecule has 3 heterocycles. The SMILES string of the molecule is CC(C)(C)CNc1c(C#N)cnc2c(C#N)cc(N[C@H](C3=CN(C45CC(C4)C5)NN3)c3cccc4cnccc34)cc12. The number of anilines is 2. The third kappa shape index (κ3) is 4.34. The molecule has 0 unspecified atom stereocenters. The van der Waals surface area contributed by atoms with Crippen LogP contribution >= 0.6 is 0 Å². The van der Waals surface area contributed by atoms with Crippen LogP contribution < -0.4 is 21.6 Å². The van der Waals surface area contributed by atoms with Gasteiger partial charge in [0, 0.05) is 47.8 Å². The summed E-state index contributed by atoms with van der Waals surface area (Å²) in [5, 5.41) is 32.4. The Morgan fingerprint density at radius 3 is 2.60 bits per heavy atom. The Bertz CT molecular complexity index is 1820. The molecule has 9 heteroatoms. The Morgan fingerprint density at radius 1 is 1.07 bits per heavy atom. The zero-order valence-electron chi connectivity index (χ0n) is 24.0. The first kappa shape index (κ1) is 26.1. The number of benzene rings is 2. The van der Waals surface area contributed by atoms with Gasteiger partial charge < -0.3 is 16.1 Å². The van der Waals surface area contributed by atoms with Gasteiger partial charge in [0.15, 0.2) is 0 Å². The summed E-state index contributed by atoms with van der Waals surface area (Å²) in [5.41, 5.74) is 12.0. The van der Waals surface area contributed by atoms with Crippen molar-refractivity contribution in [3.8, 4) is 12.1 Å². The molecular weight excluding hydrogens is 522 g/mol. The molecule has 0 amide bonds. The van der Waals surface area contributed by atoms with Crippen molar-refractivity contribution in [2.75, 3.05) is 17.2 Å². The molecule has 3 fully saturated rings. The van der Waals surface area contributed by atoms with Crippen LogP contribution in [0, 0.1) is 34.0 Å². The number of pyridine rings is 2. The second-order valence-electron chi connectivity index (χ2n) is 13.0. The van der Waals surface area contributed by atoms with Crippen molar-refractivity contribution in [3.05, 3.63) is 83.6 Å². The number of rotatable bonds is 7. The van der Waals surface area contributed by atoms with E-state index < -0.39 is 0 Å². The Kier molecular flexibility index (Phi) is 5.96. The van der Waals surface area contributed by atoms with Crippen molar-refractivity contribution in [2.24, 2.45) is 11.3 Å². The Morgan fingerprint density at radius 2 is 1.88 bits per heavy atom. The molecule has 8 rings (SSSR count). The molecule has 3 saturated carbocycles. The number of hydrazine groups is 2. The van der Waals surface area contributed by atoms with Crippen LogP contribution in [0.4, 0.5) is 11.4 Å². The molecule has 1 aliphatic heterocycles. The topological polar surface area (TPSA) is 125 Å². The number of fused-ring (bicyclic) bond motifs is 2. The summed E-state index contributed by atoms with van der Waals surface area (Å²) in [6, 6.07) is 16.5. The van der Waals surface area contributed by atoms with E-state index in [1.807, 2.05) is 30.6 Å². The highest BCUT2D eigenvalue weighted by Crippen LogP contribution is 2.60. The first-order chi connectivity index (χ1) is 20.3. The maximum atomic E-state index is 10.2. The highest BCUT2D eigenvalue weighted by molar-refractivity contribution is 5.99. The predicted octanol–water partition coefficient (Wildman–Crippen LogP) is 5.86. The molecule has 0 radical (unpaired) electrons. The summed E-state index contributed by atoms with van der Waals surface area (Å²) in [7, 11) is 0. The molecule has 4 N–H and O–H groups in total. The zero-order chi connectivity index (χ0) is 29.1. The fourth-order valence-electron chi connectivity index (χ4n) is 6.45.